The normalized spacial score (nSPS) is 13.3. The lowest BCUT2D eigenvalue weighted by atomic mass is 10.3. The van der Waals surface area contributed by atoms with Crippen molar-refractivity contribution in [1.29, 1.82) is 5.26 Å². The van der Waals surface area contributed by atoms with Crippen LogP contribution in [0.1, 0.15) is 42.5 Å². The molecule has 9 heteroatoms. The highest BCUT2D eigenvalue weighted by Crippen LogP contribution is 2.40. The van der Waals surface area contributed by atoms with Crippen LogP contribution in [0.25, 0.3) is 0 Å². The summed E-state index contributed by atoms with van der Waals surface area (Å²) in [6, 6.07) is 9.48. The molecule has 29 heavy (non-hydrogen) atoms. The van der Waals surface area contributed by atoms with Crippen molar-refractivity contribution < 1.29 is 13.6 Å². The third-order valence-corrected chi connectivity index (χ3v) is 5.63. The van der Waals surface area contributed by atoms with Gasteiger partial charge in [-0.05, 0) is 37.1 Å². The van der Waals surface area contributed by atoms with E-state index in [0.717, 1.165) is 24.4 Å². The molecule has 3 heterocycles. The van der Waals surface area contributed by atoms with Gasteiger partial charge in [0.1, 0.15) is 17.3 Å². The SMILES string of the molecule is N#CCCN(Cc1ccco1)C(=O)CSc1nnc(C2CC2)n1Cc1ccco1. The van der Waals surface area contributed by atoms with Gasteiger partial charge in [-0.25, -0.2) is 0 Å². The van der Waals surface area contributed by atoms with E-state index in [0.29, 0.717) is 36.5 Å². The molecule has 1 saturated carbocycles. The van der Waals surface area contributed by atoms with Crippen LogP contribution < -0.4 is 0 Å². The summed E-state index contributed by atoms with van der Waals surface area (Å²) in [7, 11) is 0. The number of nitrogens with zero attached hydrogens (tertiary/aromatic N) is 5. The van der Waals surface area contributed by atoms with Gasteiger partial charge in [0, 0.05) is 12.5 Å². The van der Waals surface area contributed by atoms with Crippen molar-refractivity contribution in [3.05, 3.63) is 54.1 Å². The highest BCUT2D eigenvalue weighted by Gasteiger charge is 2.31. The van der Waals surface area contributed by atoms with E-state index in [1.165, 1.54) is 11.8 Å². The van der Waals surface area contributed by atoms with Crippen LogP contribution in [0.4, 0.5) is 0 Å². The molecular formula is C20H21N5O3S. The van der Waals surface area contributed by atoms with E-state index in [2.05, 4.69) is 16.3 Å². The summed E-state index contributed by atoms with van der Waals surface area (Å²) in [5.74, 6) is 3.06. The van der Waals surface area contributed by atoms with E-state index in [1.54, 1.807) is 23.5 Å². The van der Waals surface area contributed by atoms with Crippen LogP contribution in [0, 0.1) is 11.3 Å². The van der Waals surface area contributed by atoms with Gasteiger partial charge >= 0.3 is 0 Å². The lowest BCUT2D eigenvalue weighted by Crippen LogP contribution is -2.32. The number of furan rings is 2. The number of aromatic nitrogens is 3. The zero-order chi connectivity index (χ0) is 20.1. The molecule has 3 aromatic heterocycles. The number of hydrogen-bond donors (Lipinski definition) is 0. The summed E-state index contributed by atoms with van der Waals surface area (Å²) in [4.78, 5) is 14.5. The van der Waals surface area contributed by atoms with Crippen LogP contribution in [-0.2, 0) is 17.9 Å². The second-order valence-corrected chi connectivity index (χ2v) is 7.81. The summed E-state index contributed by atoms with van der Waals surface area (Å²) in [5, 5.41) is 18.3. The molecule has 1 fully saturated rings. The number of amides is 1. The third kappa shape index (κ3) is 4.90. The molecule has 0 unspecified atom stereocenters. The van der Waals surface area contributed by atoms with Gasteiger partial charge in [-0.15, -0.1) is 10.2 Å². The molecule has 0 radical (unpaired) electrons. The number of carbonyl (C=O) groups is 1. The lowest BCUT2D eigenvalue weighted by molar-refractivity contribution is -0.129. The van der Waals surface area contributed by atoms with Crippen molar-refractivity contribution in [3.8, 4) is 6.07 Å². The van der Waals surface area contributed by atoms with Crippen LogP contribution >= 0.6 is 11.8 Å². The zero-order valence-electron chi connectivity index (χ0n) is 15.9. The van der Waals surface area contributed by atoms with E-state index in [1.807, 2.05) is 22.8 Å². The number of hydrogen-bond acceptors (Lipinski definition) is 7. The lowest BCUT2D eigenvalue weighted by Gasteiger charge is -2.20. The Bertz CT molecular complexity index is 971. The van der Waals surface area contributed by atoms with E-state index in [4.69, 9.17) is 14.1 Å². The molecule has 1 aliphatic carbocycles. The monoisotopic (exact) mass is 411 g/mol. The molecule has 0 N–H and O–H groups in total. The molecule has 3 aromatic rings. The Morgan fingerprint density at radius 1 is 1.24 bits per heavy atom. The van der Waals surface area contributed by atoms with Gasteiger partial charge in [0.05, 0.1) is 43.9 Å². The largest absolute Gasteiger partial charge is 0.467 e. The predicted molar refractivity (Wildman–Crippen MR) is 105 cm³/mol. The molecule has 0 aromatic carbocycles. The van der Waals surface area contributed by atoms with Gasteiger partial charge in [0.25, 0.3) is 0 Å². The maximum absolute atomic E-state index is 12.8. The third-order valence-electron chi connectivity index (χ3n) is 4.68. The first kappa shape index (κ1) is 19.3. The van der Waals surface area contributed by atoms with Gasteiger partial charge in [0.15, 0.2) is 5.16 Å². The smallest absolute Gasteiger partial charge is 0.233 e. The van der Waals surface area contributed by atoms with Crippen molar-refractivity contribution in [2.45, 2.75) is 43.4 Å². The molecule has 4 rings (SSSR count). The maximum Gasteiger partial charge on any atom is 0.233 e. The second kappa shape index (κ2) is 9.01. The first-order valence-corrected chi connectivity index (χ1v) is 10.5. The topological polar surface area (TPSA) is 101 Å². The van der Waals surface area contributed by atoms with Crippen LogP contribution in [0.5, 0.6) is 0 Å². The molecule has 1 aliphatic rings. The average Bonchev–Trinajstić information content (AvgIpc) is 3.13. The van der Waals surface area contributed by atoms with E-state index < -0.39 is 0 Å². The zero-order valence-corrected chi connectivity index (χ0v) is 16.7. The Hall–Kier alpha value is -2.99. The van der Waals surface area contributed by atoms with Gasteiger partial charge in [-0.1, -0.05) is 11.8 Å². The number of nitriles is 1. The Balaban J connectivity index is 1.44. The summed E-state index contributed by atoms with van der Waals surface area (Å²) < 4.78 is 12.9. The number of carbonyl (C=O) groups excluding carboxylic acids is 1. The fourth-order valence-corrected chi connectivity index (χ4v) is 3.89. The fourth-order valence-electron chi connectivity index (χ4n) is 3.04. The minimum Gasteiger partial charge on any atom is -0.467 e. The van der Waals surface area contributed by atoms with Crippen LogP contribution in [0.15, 0.2) is 50.8 Å². The molecular weight excluding hydrogens is 390 g/mol. The molecule has 0 spiro atoms. The van der Waals surface area contributed by atoms with Crippen molar-refractivity contribution in [1.82, 2.24) is 19.7 Å². The fraction of sp³-hybridized carbons (Fsp3) is 0.400. The minimum absolute atomic E-state index is 0.0674. The number of thioether (sulfide) groups is 1. The second-order valence-electron chi connectivity index (χ2n) is 6.87. The van der Waals surface area contributed by atoms with Gasteiger partial charge in [-0.2, -0.15) is 5.26 Å². The van der Waals surface area contributed by atoms with Crippen LogP contribution in [0.2, 0.25) is 0 Å². The first-order chi connectivity index (χ1) is 14.2. The molecule has 0 saturated heterocycles. The van der Waals surface area contributed by atoms with E-state index >= 15 is 0 Å². The van der Waals surface area contributed by atoms with E-state index in [-0.39, 0.29) is 18.1 Å². The summed E-state index contributed by atoms with van der Waals surface area (Å²) in [5.41, 5.74) is 0. The van der Waals surface area contributed by atoms with E-state index in [9.17, 15) is 4.79 Å². The molecule has 150 valence electrons. The van der Waals surface area contributed by atoms with Crippen LogP contribution in [-0.4, -0.2) is 37.9 Å². The summed E-state index contributed by atoms with van der Waals surface area (Å²) in [6.45, 7) is 1.26. The highest BCUT2D eigenvalue weighted by molar-refractivity contribution is 7.99. The van der Waals surface area contributed by atoms with Crippen molar-refractivity contribution in [3.63, 3.8) is 0 Å². The highest BCUT2D eigenvalue weighted by atomic mass is 32.2. The Labute approximate surface area is 172 Å². The predicted octanol–water partition coefficient (Wildman–Crippen LogP) is 3.42. The summed E-state index contributed by atoms with van der Waals surface area (Å²) in [6.07, 6.45) is 5.73. The van der Waals surface area contributed by atoms with Crippen molar-refractivity contribution >= 4 is 17.7 Å². The quantitative estimate of drug-likeness (QED) is 0.471. The molecule has 0 atom stereocenters. The molecule has 0 bridgehead atoms. The molecule has 8 nitrogen and oxygen atoms in total. The van der Waals surface area contributed by atoms with Gasteiger partial charge in [0.2, 0.25) is 5.91 Å². The molecule has 0 aliphatic heterocycles. The first-order valence-electron chi connectivity index (χ1n) is 9.50. The van der Waals surface area contributed by atoms with Crippen LogP contribution in [0.3, 0.4) is 0 Å². The average molecular weight is 411 g/mol. The number of rotatable bonds is 10. The standard InChI is InChI=1S/C20H21N5O3S/c21-8-3-9-24(12-16-4-1-10-27-16)18(26)14-29-20-23-22-19(15-6-7-15)25(20)13-17-5-2-11-28-17/h1-2,4-5,10-11,15H,3,6-7,9,12-14H2. The Morgan fingerprint density at radius 3 is 2.66 bits per heavy atom. The van der Waals surface area contributed by atoms with Crippen molar-refractivity contribution in [2.24, 2.45) is 0 Å². The minimum atomic E-state index is -0.0674. The maximum atomic E-state index is 12.8. The van der Waals surface area contributed by atoms with Gasteiger partial charge < -0.3 is 13.7 Å². The molecule has 1 amide bonds. The summed E-state index contributed by atoms with van der Waals surface area (Å²) >= 11 is 1.36. The Morgan fingerprint density at radius 2 is 2.00 bits per heavy atom. The van der Waals surface area contributed by atoms with Gasteiger partial charge in [-0.3, -0.25) is 9.36 Å². The Kier molecular flexibility index (Phi) is 6.00. The van der Waals surface area contributed by atoms with Crippen molar-refractivity contribution in [2.75, 3.05) is 12.3 Å².